The van der Waals surface area contributed by atoms with Gasteiger partial charge in [0.2, 0.25) is 5.91 Å². The molecule has 3 aromatic rings. The van der Waals surface area contributed by atoms with Crippen molar-refractivity contribution in [3.8, 4) is 17.0 Å². The number of H-pyrrole nitrogens is 1. The first-order chi connectivity index (χ1) is 13.1. The molecule has 2 heterocycles. The first-order valence-corrected chi connectivity index (χ1v) is 8.39. The molecule has 0 spiro atoms. The van der Waals surface area contributed by atoms with Gasteiger partial charge in [-0.3, -0.25) is 14.7 Å². The SMILES string of the molecule is COc1cc(C(=O)C2CC(=O)Nc3n[nH]c(-c4ccccc4)c32)ccc1F. The van der Waals surface area contributed by atoms with Crippen molar-refractivity contribution in [1.29, 1.82) is 0 Å². The minimum Gasteiger partial charge on any atom is -0.494 e. The zero-order valence-electron chi connectivity index (χ0n) is 14.5. The molecule has 0 saturated carbocycles. The summed E-state index contributed by atoms with van der Waals surface area (Å²) in [7, 11) is 1.34. The Morgan fingerprint density at radius 2 is 2.00 bits per heavy atom. The average molecular weight is 365 g/mol. The van der Waals surface area contributed by atoms with Crippen LogP contribution in [-0.2, 0) is 4.79 Å². The average Bonchev–Trinajstić information content (AvgIpc) is 3.11. The Hall–Kier alpha value is -3.48. The number of benzene rings is 2. The fourth-order valence-electron chi connectivity index (χ4n) is 3.32. The highest BCUT2D eigenvalue weighted by Gasteiger charge is 2.36. The Morgan fingerprint density at radius 3 is 2.74 bits per heavy atom. The molecule has 4 rings (SSSR count). The minimum atomic E-state index is -0.724. The highest BCUT2D eigenvalue weighted by molar-refractivity contribution is 6.08. The standard InChI is InChI=1S/C20H16FN3O3/c1-27-15-9-12(7-8-14(15)21)19(26)13-10-16(25)22-20-17(13)18(23-24-20)11-5-3-2-4-6-11/h2-9,13H,10H2,1H3,(H2,22,23,24,25). The van der Waals surface area contributed by atoms with Crippen LogP contribution in [0, 0.1) is 5.82 Å². The summed E-state index contributed by atoms with van der Waals surface area (Å²) >= 11 is 0. The van der Waals surface area contributed by atoms with Crippen molar-refractivity contribution in [3.63, 3.8) is 0 Å². The Morgan fingerprint density at radius 1 is 1.22 bits per heavy atom. The second kappa shape index (κ2) is 6.68. The van der Waals surface area contributed by atoms with Crippen molar-refractivity contribution in [1.82, 2.24) is 10.2 Å². The van der Waals surface area contributed by atoms with E-state index in [0.717, 1.165) is 5.56 Å². The molecule has 1 atom stereocenters. The molecule has 1 aromatic heterocycles. The third kappa shape index (κ3) is 2.97. The molecular weight excluding hydrogens is 349 g/mol. The number of Topliss-reactive ketones (excluding diaryl/α,β-unsaturated/α-hetero) is 1. The summed E-state index contributed by atoms with van der Waals surface area (Å²) in [6.45, 7) is 0. The fourth-order valence-corrected chi connectivity index (χ4v) is 3.32. The van der Waals surface area contributed by atoms with Crippen molar-refractivity contribution in [3.05, 3.63) is 65.5 Å². The van der Waals surface area contributed by atoms with Gasteiger partial charge in [-0.05, 0) is 23.8 Å². The highest BCUT2D eigenvalue weighted by Crippen LogP contribution is 2.40. The van der Waals surface area contributed by atoms with E-state index < -0.39 is 11.7 Å². The van der Waals surface area contributed by atoms with Crippen molar-refractivity contribution < 1.29 is 18.7 Å². The summed E-state index contributed by atoms with van der Waals surface area (Å²) < 4.78 is 18.7. The number of carbonyl (C=O) groups is 2. The highest BCUT2D eigenvalue weighted by atomic mass is 19.1. The Kier molecular flexibility index (Phi) is 4.19. The van der Waals surface area contributed by atoms with Crippen molar-refractivity contribution >= 4 is 17.5 Å². The third-order valence-corrected chi connectivity index (χ3v) is 4.61. The quantitative estimate of drug-likeness (QED) is 0.693. The van der Waals surface area contributed by atoms with Crippen LogP contribution in [0.5, 0.6) is 5.75 Å². The maximum Gasteiger partial charge on any atom is 0.226 e. The van der Waals surface area contributed by atoms with Gasteiger partial charge in [0.1, 0.15) is 0 Å². The fraction of sp³-hybridized carbons (Fsp3) is 0.150. The van der Waals surface area contributed by atoms with Crippen molar-refractivity contribution in [2.75, 3.05) is 12.4 Å². The summed E-state index contributed by atoms with van der Waals surface area (Å²) in [4.78, 5) is 25.3. The molecule has 1 aliphatic heterocycles. The van der Waals surface area contributed by atoms with Crippen LogP contribution in [0.1, 0.15) is 28.3 Å². The molecule has 1 amide bonds. The number of hydrogen-bond donors (Lipinski definition) is 2. The number of carbonyl (C=O) groups excluding carboxylic acids is 2. The van der Waals surface area contributed by atoms with E-state index in [2.05, 4.69) is 15.5 Å². The van der Waals surface area contributed by atoms with Gasteiger partial charge >= 0.3 is 0 Å². The summed E-state index contributed by atoms with van der Waals surface area (Å²) in [6.07, 6.45) is -0.00904. The van der Waals surface area contributed by atoms with Crippen LogP contribution in [0.2, 0.25) is 0 Å². The summed E-state index contributed by atoms with van der Waals surface area (Å²) in [5.74, 6) is -1.53. The monoisotopic (exact) mass is 365 g/mol. The third-order valence-electron chi connectivity index (χ3n) is 4.61. The number of nitrogens with one attached hydrogen (secondary N) is 2. The molecule has 1 aliphatic rings. The smallest absolute Gasteiger partial charge is 0.226 e. The molecule has 7 heteroatoms. The molecule has 0 bridgehead atoms. The molecule has 136 valence electrons. The van der Waals surface area contributed by atoms with Gasteiger partial charge < -0.3 is 10.1 Å². The topological polar surface area (TPSA) is 84.1 Å². The number of amides is 1. The molecule has 0 fully saturated rings. The van der Waals surface area contributed by atoms with Crippen LogP contribution >= 0.6 is 0 Å². The largest absolute Gasteiger partial charge is 0.494 e. The number of halogens is 1. The maximum absolute atomic E-state index is 13.7. The predicted octanol–water partition coefficient (Wildman–Crippen LogP) is 3.53. The number of rotatable bonds is 4. The number of methoxy groups -OCH3 is 1. The van der Waals surface area contributed by atoms with Crippen LogP contribution in [0.4, 0.5) is 10.2 Å². The lowest BCUT2D eigenvalue weighted by Gasteiger charge is -2.22. The first-order valence-electron chi connectivity index (χ1n) is 8.39. The lowest BCUT2D eigenvalue weighted by molar-refractivity contribution is -0.116. The summed E-state index contributed by atoms with van der Waals surface area (Å²) in [6, 6.07) is 13.4. The van der Waals surface area contributed by atoms with Gasteiger partial charge in [-0.1, -0.05) is 30.3 Å². The van der Waals surface area contributed by atoms with E-state index in [1.165, 1.54) is 25.3 Å². The number of ketones is 1. The van der Waals surface area contributed by atoms with Gasteiger partial charge in [0.25, 0.3) is 0 Å². The number of hydrogen-bond acceptors (Lipinski definition) is 4. The van der Waals surface area contributed by atoms with Gasteiger partial charge in [-0.25, -0.2) is 4.39 Å². The van der Waals surface area contributed by atoms with Crippen molar-refractivity contribution in [2.24, 2.45) is 0 Å². The second-order valence-corrected chi connectivity index (χ2v) is 6.25. The van der Waals surface area contributed by atoms with Crippen LogP contribution in [0.3, 0.4) is 0 Å². The Bertz CT molecular complexity index is 1030. The van der Waals surface area contributed by atoms with Crippen LogP contribution in [0.25, 0.3) is 11.3 Å². The zero-order valence-corrected chi connectivity index (χ0v) is 14.5. The number of fused-ring (bicyclic) bond motifs is 1. The lowest BCUT2D eigenvalue weighted by Crippen LogP contribution is -2.27. The van der Waals surface area contributed by atoms with E-state index in [4.69, 9.17) is 4.74 Å². The zero-order chi connectivity index (χ0) is 19.0. The van der Waals surface area contributed by atoms with Crippen LogP contribution in [0.15, 0.2) is 48.5 Å². The lowest BCUT2D eigenvalue weighted by atomic mass is 9.84. The van der Waals surface area contributed by atoms with E-state index in [0.29, 0.717) is 17.1 Å². The molecule has 6 nitrogen and oxygen atoms in total. The molecular formula is C20H16FN3O3. The maximum atomic E-state index is 13.7. The van der Waals surface area contributed by atoms with Crippen molar-refractivity contribution in [2.45, 2.75) is 12.3 Å². The molecule has 0 radical (unpaired) electrons. The van der Waals surface area contributed by atoms with Gasteiger partial charge in [-0.15, -0.1) is 0 Å². The Balaban J connectivity index is 1.80. The second-order valence-electron chi connectivity index (χ2n) is 6.25. The van der Waals surface area contributed by atoms with E-state index in [1.807, 2.05) is 30.3 Å². The van der Waals surface area contributed by atoms with Gasteiger partial charge in [0, 0.05) is 17.5 Å². The van der Waals surface area contributed by atoms with Crippen LogP contribution in [-0.4, -0.2) is 29.0 Å². The molecule has 2 aromatic carbocycles. The molecule has 1 unspecified atom stereocenters. The van der Waals surface area contributed by atoms with E-state index in [1.54, 1.807) is 0 Å². The number of aromatic nitrogens is 2. The first kappa shape index (κ1) is 17.0. The van der Waals surface area contributed by atoms with Gasteiger partial charge in [0.05, 0.1) is 18.7 Å². The van der Waals surface area contributed by atoms with E-state index in [-0.39, 0.29) is 29.4 Å². The summed E-state index contributed by atoms with van der Waals surface area (Å²) in [5, 5.41) is 9.78. The number of aromatic amines is 1. The van der Waals surface area contributed by atoms with Gasteiger partial charge in [0.15, 0.2) is 23.2 Å². The van der Waals surface area contributed by atoms with E-state index >= 15 is 0 Å². The normalized spacial score (nSPS) is 15.8. The number of ether oxygens (including phenoxy) is 1. The predicted molar refractivity (Wildman–Crippen MR) is 97.3 cm³/mol. The number of nitrogens with zero attached hydrogens (tertiary/aromatic N) is 1. The molecule has 2 N–H and O–H groups in total. The molecule has 27 heavy (non-hydrogen) atoms. The molecule has 0 aliphatic carbocycles. The Labute approximate surface area is 154 Å². The number of anilines is 1. The molecule has 0 saturated heterocycles. The van der Waals surface area contributed by atoms with E-state index in [9.17, 15) is 14.0 Å². The van der Waals surface area contributed by atoms with Gasteiger partial charge in [-0.2, -0.15) is 5.10 Å². The van der Waals surface area contributed by atoms with Crippen LogP contribution < -0.4 is 10.1 Å². The minimum absolute atomic E-state index is 0.00904. The summed E-state index contributed by atoms with van der Waals surface area (Å²) in [5.41, 5.74) is 2.45.